The first kappa shape index (κ1) is 20.0. The summed E-state index contributed by atoms with van der Waals surface area (Å²) in [6.45, 7) is 1.33. The number of nitrogens with zero attached hydrogens (tertiary/aromatic N) is 2. The summed E-state index contributed by atoms with van der Waals surface area (Å²) in [5.74, 6) is 1.36. The van der Waals surface area contributed by atoms with Gasteiger partial charge in [-0.05, 0) is 32.3 Å². The van der Waals surface area contributed by atoms with E-state index >= 15 is 0 Å². The molecular weight excluding hydrogens is 378 g/mol. The van der Waals surface area contributed by atoms with E-state index in [0.717, 1.165) is 45.5 Å². The topological polar surface area (TPSA) is 59.1 Å². The number of aromatic nitrogens is 1. The Hall–Kier alpha value is -2.70. The Morgan fingerprint density at radius 1 is 1.00 bits per heavy atom. The van der Waals surface area contributed by atoms with Crippen LogP contribution in [0.1, 0.15) is 11.1 Å². The molecule has 148 valence electrons. The van der Waals surface area contributed by atoms with Crippen molar-refractivity contribution in [1.29, 1.82) is 0 Å². The third-order valence-corrected chi connectivity index (χ3v) is 4.78. The van der Waals surface area contributed by atoms with Crippen molar-refractivity contribution in [1.82, 2.24) is 9.88 Å². The van der Waals surface area contributed by atoms with Crippen LogP contribution >= 0.6 is 12.4 Å². The summed E-state index contributed by atoms with van der Waals surface area (Å²) in [7, 11) is 7.30. The van der Waals surface area contributed by atoms with Gasteiger partial charge in [0.2, 0.25) is 0 Å². The maximum Gasteiger partial charge on any atom is 0.161 e. The van der Waals surface area contributed by atoms with E-state index < -0.39 is 0 Å². The van der Waals surface area contributed by atoms with Gasteiger partial charge in [0.1, 0.15) is 12.3 Å². The van der Waals surface area contributed by atoms with E-state index in [4.69, 9.17) is 14.3 Å². The molecule has 6 nitrogen and oxygen atoms in total. The van der Waals surface area contributed by atoms with Crippen molar-refractivity contribution < 1.29 is 14.3 Å². The minimum atomic E-state index is 0. The maximum absolute atomic E-state index is 5.65. The third-order valence-electron chi connectivity index (χ3n) is 4.78. The van der Waals surface area contributed by atoms with E-state index in [9.17, 15) is 0 Å². The molecule has 3 aromatic rings. The highest BCUT2D eigenvalue weighted by molar-refractivity contribution is 6.29. The summed E-state index contributed by atoms with van der Waals surface area (Å²) in [5.41, 5.74) is 5.99. The molecule has 0 atom stereocenters. The molecule has 0 bridgehead atoms. The van der Waals surface area contributed by atoms with Gasteiger partial charge in [0, 0.05) is 34.1 Å². The quantitative estimate of drug-likeness (QED) is 0.393. The molecule has 1 heterocycles. The minimum Gasteiger partial charge on any atom is -0.493 e. The lowest BCUT2D eigenvalue weighted by atomic mass is 10.1. The number of H-pyrrole nitrogens is 1. The Morgan fingerprint density at radius 2 is 1.68 bits per heavy atom. The van der Waals surface area contributed by atoms with Gasteiger partial charge in [0.15, 0.2) is 11.5 Å². The van der Waals surface area contributed by atoms with Crippen molar-refractivity contribution in [3.63, 3.8) is 0 Å². The van der Waals surface area contributed by atoms with Crippen LogP contribution in [0, 0.1) is 0 Å². The van der Waals surface area contributed by atoms with E-state index in [-0.39, 0.29) is 12.4 Å². The summed E-state index contributed by atoms with van der Waals surface area (Å²) in [4.78, 5) is 11.2. The van der Waals surface area contributed by atoms with Gasteiger partial charge in [-0.3, -0.25) is 0 Å². The van der Waals surface area contributed by atoms with Crippen LogP contribution < -0.4 is 9.47 Å². The highest BCUT2D eigenvalue weighted by atomic mass is 35.5. The normalized spacial score (nSPS) is 13.4. The maximum atomic E-state index is 5.65. The van der Waals surface area contributed by atoms with Gasteiger partial charge in [-0.25, -0.2) is 0 Å². The third kappa shape index (κ3) is 3.30. The number of halogens is 1. The molecule has 7 heteroatoms. The van der Waals surface area contributed by atoms with Crippen LogP contribution in [0.4, 0.5) is 0 Å². The van der Waals surface area contributed by atoms with Crippen LogP contribution in [-0.2, 0) is 4.84 Å². The van der Waals surface area contributed by atoms with Gasteiger partial charge >= 0.3 is 0 Å². The number of oxime groups is 1. The zero-order valence-corrected chi connectivity index (χ0v) is 17.2. The first-order valence-electron chi connectivity index (χ1n) is 8.86. The Morgan fingerprint density at radius 3 is 2.36 bits per heavy atom. The van der Waals surface area contributed by atoms with Crippen LogP contribution in [0.3, 0.4) is 0 Å². The smallest absolute Gasteiger partial charge is 0.161 e. The number of para-hydroxylation sites is 1. The van der Waals surface area contributed by atoms with Gasteiger partial charge in [0.05, 0.1) is 19.9 Å². The highest BCUT2D eigenvalue weighted by Crippen LogP contribution is 2.45. The Balaban J connectivity index is 0.00000225. The summed E-state index contributed by atoms with van der Waals surface area (Å²) in [6, 6.07) is 12.2. The number of nitrogens with one attached hydrogen (secondary N) is 1. The Bertz CT molecular complexity index is 1030. The molecule has 0 spiro atoms. The largest absolute Gasteiger partial charge is 0.493 e. The number of hydrogen-bond donors (Lipinski definition) is 1. The number of rotatable bonds is 6. The molecule has 1 aromatic heterocycles. The monoisotopic (exact) mass is 401 g/mol. The standard InChI is InChI=1S/C21H23N3O3.ClH/c1-24(2)9-10-27-23-21-15-12-18(26-4)17(25-3)11-14(15)20-19(21)13-7-5-6-8-16(13)22-20;/h5-8,11-12,22H,9-10H2,1-4H3;1H/b23-21-;. The fourth-order valence-electron chi connectivity index (χ4n) is 3.43. The number of hydrogen-bond acceptors (Lipinski definition) is 5. The van der Waals surface area contributed by atoms with Crippen molar-refractivity contribution in [3.05, 3.63) is 47.5 Å². The van der Waals surface area contributed by atoms with Crippen molar-refractivity contribution in [2.75, 3.05) is 41.5 Å². The van der Waals surface area contributed by atoms with Crippen molar-refractivity contribution >= 4 is 29.0 Å². The molecular formula is C21H24ClN3O3. The summed E-state index contributed by atoms with van der Waals surface area (Å²) >= 11 is 0. The van der Waals surface area contributed by atoms with Gasteiger partial charge in [0.25, 0.3) is 0 Å². The molecule has 0 unspecified atom stereocenters. The van der Waals surface area contributed by atoms with Crippen LogP contribution in [0.15, 0.2) is 41.6 Å². The van der Waals surface area contributed by atoms with Crippen molar-refractivity contribution in [2.24, 2.45) is 5.16 Å². The molecule has 1 aliphatic rings. The molecule has 0 radical (unpaired) electrons. The summed E-state index contributed by atoms with van der Waals surface area (Å²) in [6.07, 6.45) is 0. The molecule has 28 heavy (non-hydrogen) atoms. The molecule has 0 saturated carbocycles. The van der Waals surface area contributed by atoms with Gasteiger partial charge < -0.3 is 24.2 Å². The number of likely N-dealkylation sites (N-methyl/N-ethyl adjacent to an activating group) is 1. The molecule has 1 N–H and O–H groups in total. The fraction of sp³-hybridized carbons (Fsp3) is 0.286. The number of ether oxygens (including phenoxy) is 2. The average Bonchev–Trinajstić information content (AvgIpc) is 3.19. The van der Waals surface area contributed by atoms with E-state index in [2.05, 4.69) is 27.2 Å². The lowest BCUT2D eigenvalue weighted by molar-refractivity contribution is 0.126. The molecule has 4 rings (SSSR count). The van der Waals surface area contributed by atoms with Crippen molar-refractivity contribution in [2.45, 2.75) is 0 Å². The first-order valence-corrected chi connectivity index (χ1v) is 8.86. The van der Waals surface area contributed by atoms with Crippen LogP contribution in [0.25, 0.3) is 22.2 Å². The van der Waals surface area contributed by atoms with Crippen LogP contribution in [0.2, 0.25) is 0 Å². The summed E-state index contributed by atoms with van der Waals surface area (Å²) in [5, 5.41) is 5.63. The second-order valence-electron chi connectivity index (χ2n) is 6.75. The highest BCUT2D eigenvalue weighted by Gasteiger charge is 2.31. The van der Waals surface area contributed by atoms with Crippen LogP contribution in [-0.4, -0.2) is 57.1 Å². The molecule has 0 fully saturated rings. The lowest BCUT2D eigenvalue weighted by Gasteiger charge is -2.11. The predicted octanol–water partition coefficient (Wildman–Crippen LogP) is 3.92. The van der Waals surface area contributed by atoms with E-state index in [1.807, 2.05) is 38.4 Å². The first-order chi connectivity index (χ1) is 13.1. The van der Waals surface area contributed by atoms with E-state index in [0.29, 0.717) is 18.1 Å². The lowest BCUT2D eigenvalue weighted by Crippen LogP contribution is -2.17. The predicted molar refractivity (Wildman–Crippen MR) is 114 cm³/mol. The minimum absolute atomic E-state index is 0. The van der Waals surface area contributed by atoms with Gasteiger partial charge in [-0.15, -0.1) is 12.4 Å². The number of fused-ring (bicyclic) bond motifs is 5. The van der Waals surface area contributed by atoms with Crippen LogP contribution in [0.5, 0.6) is 11.5 Å². The fourth-order valence-corrected chi connectivity index (χ4v) is 3.43. The van der Waals surface area contributed by atoms with Gasteiger partial charge in [-0.1, -0.05) is 23.4 Å². The Kier molecular flexibility index (Phi) is 5.82. The molecule has 0 amide bonds. The zero-order chi connectivity index (χ0) is 19.0. The second kappa shape index (κ2) is 8.12. The molecule has 0 saturated heterocycles. The summed E-state index contributed by atoms with van der Waals surface area (Å²) < 4.78 is 11.0. The molecule has 0 aliphatic heterocycles. The molecule has 2 aromatic carbocycles. The number of methoxy groups -OCH3 is 2. The van der Waals surface area contributed by atoms with E-state index in [1.165, 1.54) is 0 Å². The van der Waals surface area contributed by atoms with E-state index in [1.54, 1.807) is 14.2 Å². The second-order valence-corrected chi connectivity index (χ2v) is 6.75. The SMILES string of the molecule is COc1cc2c(cc1OC)-c1[nH]c3ccccc3c1/C2=N\OCCN(C)C.Cl. The average molecular weight is 402 g/mol. The number of benzene rings is 2. The number of aromatic amines is 1. The molecule has 1 aliphatic carbocycles. The van der Waals surface area contributed by atoms with Crippen molar-refractivity contribution in [3.8, 4) is 22.8 Å². The Labute approximate surface area is 170 Å². The van der Waals surface area contributed by atoms with Gasteiger partial charge in [-0.2, -0.15) is 0 Å². The zero-order valence-electron chi connectivity index (χ0n) is 16.4.